The van der Waals surface area contributed by atoms with E-state index in [2.05, 4.69) is 0 Å². The molecule has 21 heavy (non-hydrogen) atoms. The third kappa shape index (κ3) is 3.25. The summed E-state index contributed by atoms with van der Waals surface area (Å²) in [5.74, 6) is -2.90. The lowest BCUT2D eigenvalue weighted by atomic mass is 9.81. The van der Waals surface area contributed by atoms with Crippen molar-refractivity contribution in [3.63, 3.8) is 0 Å². The number of carbonyl (C=O) groups excluding carboxylic acids is 2. The zero-order chi connectivity index (χ0) is 15.4. The van der Waals surface area contributed by atoms with Crippen LogP contribution in [0.1, 0.15) is 32.1 Å². The summed E-state index contributed by atoms with van der Waals surface area (Å²) in [6.07, 6.45) is 6.72. The molecule has 0 spiro atoms. The fourth-order valence-corrected chi connectivity index (χ4v) is 3.15. The van der Waals surface area contributed by atoms with Crippen molar-refractivity contribution in [1.29, 1.82) is 0 Å². The van der Waals surface area contributed by atoms with Gasteiger partial charge in [0, 0.05) is 6.54 Å². The maximum Gasteiger partial charge on any atom is 0.328 e. The summed E-state index contributed by atoms with van der Waals surface area (Å²) in [5, 5.41) is 9.28. The molecule has 0 radical (unpaired) electrons. The third-order valence-electron chi connectivity index (χ3n) is 4.33. The number of carboxylic acids is 1. The molecule has 1 aliphatic carbocycles. The number of esters is 1. The molecule has 1 unspecified atom stereocenters. The number of allylic oxidation sites excluding steroid dienone is 2. The van der Waals surface area contributed by atoms with Gasteiger partial charge in [0.15, 0.2) is 0 Å². The van der Waals surface area contributed by atoms with E-state index in [-0.39, 0.29) is 5.91 Å². The van der Waals surface area contributed by atoms with E-state index in [1.807, 2.05) is 6.08 Å². The minimum Gasteiger partial charge on any atom is -0.481 e. The molecule has 1 N–H and O–H groups in total. The van der Waals surface area contributed by atoms with Crippen LogP contribution in [-0.2, 0) is 19.1 Å². The molecule has 0 aromatic carbocycles. The molecule has 116 valence electrons. The van der Waals surface area contributed by atoms with Crippen LogP contribution in [0.15, 0.2) is 12.2 Å². The number of piperidine rings is 1. The van der Waals surface area contributed by atoms with Crippen molar-refractivity contribution in [3.8, 4) is 0 Å². The van der Waals surface area contributed by atoms with Crippen LogP contribution in [0.25, 0.3) is 0 Å². The number of aliphatic carboxylic acids is 1. The van der Waals surface area contributed by atoms with E-state index >= 15 is 0 Å². The highest BCUT2D eigenvalue weighted by molar-refractivity contribution is 5.89. The van der Waals surface area contributed by atoms with Crippen LogP contribution in [0.4, 0.5) is 0 Å². The lowest BCUT2D eigenvalue weighted by Gasteiger charge is -2.37. The molecule has 0 aromatic rings. The maximum atomic E-state index is 12.7. The van der Waals surface area contributed by atoms with Crippen molar-refractivity contribution in [2.45, 2.75) is 38.1 Å². The van der Waals surface area contributed by atoms with Crippen molar-refractivity contribution in [1.82, 2.24) is 4.90 Å². The summed E-state index contributed by atoms with van der Waals surface area (Å²) in [6, 6.07) is -0.573. The second kappa shape index (κ2) is 6.74. The molecule has 6 nitrogen and oxygen atoms in total. The molecule has 1 heterocycles. The van der Waals surface area contributed by atoms with Crippen LogP contribution in [0.3, 0.4) is 0 Å². The van der Waals surface area contributed by atoms with E-state index in [9.17, 15) is 19.5 Å². The average Bonchev–Trinajstić information content (AvgIpc) is 2.53. The number of carbonyl (C=O) groups is 3. The number of rotatable bonds is 3. The number of likely N-dealkylation sites (tertiary alicyclic amines) is 1. The lowest BCUT2D eigenvalue weighted by Crippen LogP contribution is -2.52. The highest BCUT2D eigenvalue weighted by Crippen LogP contribution is 2.30. The number of ether oxygens (including phenoxy) is 1. The van der Waals surface area contributed by atoms with E-state index in [0.717, 1.165) is 12.8 Å². The second-order valence-corrected chi connectivity index (χ2v) is 5.56. The topological polar surface area (TPSA) is 83.9 Å². The molecule has 0 bridgehead atoms. The Kier molecular flexibility index (Phi) is 4.98. The quantitative estimate of drug-likeness (QED) is 0.625. The van der Waals surface area contributed by atoms with Gasteiger partial charge in [-0.2, -0.15) is 0 Å². The Hall–Kier alpha value is -1.85. The molecule has 0 saturated carbocycles. The summed E-state index contributed by atoms with van der Waals surface area (Å²) in [4.78, 5) is 37.4. The molecule has 1 amide bonds. The first-order valence-electron chi connectivity index (χ1n) is 7.32. The van der Waals surface area contributed by atoms with Gasteiger partial charge in [0.1, 0.15) is 6.04 Å². The van der Waals surface area contributed by atoms with Gasteiger partial charge in [-0.1, -0.05) is 12.2 Å². The monoisotopic (exact) mass is 295 g/mol. The molecule has 1 fully saturated rings. The van der Waals surface area contributed by atoms with E-state index in [1.165, 1.54) is 12.0 Å². The number of carboxylic acid groups (broad SMARTS) is 1. The van der Waals surface area contributed by atoms with Gasteiger partial charge in [-0.3, -0.25) is 9.59 Å². The van der Waals surface area contributed by atoms with Crippen LogP contribution in [0.2, 0.25) is 0 Å². The Morgan fingerprint density at radius 3 is 2.43 bits per heavy atom. The Bertz CT molecular complexity index is 459. The SMILES string of the molecule is COC(=O)C1CCCCN1C(=O)[C@@H]1CC=CC[C@@H]1C(=O)O. The molecular weight excluding hydrogens is 274 g/mol. The minimum atomic E-state index is -0.954. The van der Waals surface area contributed by atoms with Gasteiger partial charge in [0.05, 0.1) is 18.9 Å². The van der Waals surface area contributed by atoms with Crippen molar-refractivity contribution >= 4 is 17.8 Å². The number of hydrogen-bond donors (Lipinski definition) is 1. The molecule has 1 aliphatic heterocycles. The van der Waals surface area contributed by atoms with Crippen LogP contribution < -0.4 is 0 Å². The number of nitrogens with zero attached hydrogens (tertiary/aromatic N) is 1. The normalized spacial score (nSPS) is 29.0. The molecule has 2 rings (SSSR count). The molecular formula is C15H21NO5. The van der Waals surface area contributed by atoms with E-state index in [0.29, 0.717) is 25.8 Å². The van der Waals surface area contributed by atoms with Crippen molar-refractivity contribution in [2.75, 3.05) is 13.7 Å². The Morgan fingerprint density at radius 1 is 1.14 bits per heavy atom. The van der Waals surface area contributed by atoms with Crippen molar-refractivity contribution < 1.29 is 24.2 Å². The summed E-state index contributed by atoms with van der Waals surface area (Å²) >= 11 is 0. The average molecular weight is 295 g/mol. The first-order chi connectivity index (χ1) is 10.1. The van der Waals surface area contributed by atoms with E-state index in [4.69, 9.17) is 4.74 Å². The smallest absolute Gasteiger partial charge is 0.328 e. The summed E-state index contributed by atoms with van der Waals surface area (Å²) in [7, 11) is 1.31. The van der Waals surface area contributed by atoms with Crippen LogP contribution >= 0.6 is 0 Å². The number of hydrogen-bond acceptors (Lipinski definition) is 4. The molecule has 3 atom stereocenters. The summed E-state index contributed by atoms with van der Waals surface area (Å²) in [5.41, 5.74) is 0. The first kappa shape index (κ1) is 15.5. The minimum absolute atomic E-state index is 0.234. The fourth-order valence-electron chi connectivity index (χ4n) is 3.15. The highest BCUT2D eigenvalue weighted by atomic mass is 16.5. The summed E-state index contributed by atoms with van der Waals surface area (Å²) in [6.45, 7) is 0.491. The highest BCUT2D eigenvalue weighted by Gasteiger charge is 2.41. The first-order valence-corrected chi connectivity index (χ1v) is 7.32. The van der Waals surface area contributed by atoms with E-state index in [1.54, 1.807) is 6.08 Å². The van der Waals surface area contributed by atoms with Crippen molar-refractivity contribution in [3.05, 3.63) is 12.2 Å². The number of amides is 1. The summed E-state index contributed by atoms with van der Waals surface area (Å²) < 4.78 is 4.77. The van der Waals surface area contributed by atoms with Gasteiger partial charge in [0.25, 0.3) is 0 Å². The third-order valence-corrected chi connectivity index (χ3v) is 4.33. The van der Waals surface area contributed by atoms with Gasteiger partial charge < -0.3 is 14.7 Å². The zero-order valence-corrected chi connectivity index (χ0v) is 12.2. The Balaban J connectivity index is 2.17. The van der Waals surface area contributed by atoms with E-state index < -0.39 is 29.8 Å². The molecule has 1 saturated heterocycles. The van der Waals surface area contributed by atoms with Crippen molar-refractivity contribution in [2.24, 2.45) is 11.8 Å². The second-order valence-electron chi connectivity index (χ2n) is 5.56. The van der Waals surface area contributed by atoms with Gasteiger partial charge in [-0.15, -0.1) is 0 Å². The van der Waals surface area contributed by atoms with Crippen LogP contribution in [0, 0.1) is 11.8 Å². The molecule has 2 aliphatic rings. The van der Waals surface area contributed by atoms with Gasteiger partial charge in [-0.25, -0.2) is 4.79 Å². The Labute approximate surface area is 123 Å². The fraction of sp³-hybridized carbons (Fsp3) is 0.667. The number of methoxy groups -OCH3 is 1. The molecule has 0 aromatic heterocycles. The molecule has 6 heteroatoms. The lowest BCUT2D eigenvalue weighted by molar-refractivity contribution is -0.159. The van der Waals surface area contributed by atoms with Crippen LogP contribution in [-0.4, -0.2) is 47.5 Å². The standard InChI is InChI=1S/C15H21NO5/c1-21-15(20)12-8-4-5-9-16(12)13(17)10-6-2-3-7-11(10)14(18)19/h2-3,10-12H,4-9H2,1H3,(H,18,19)/t10-,11+,12?/m1/s1. The Morgan fingerprint density at radius 2 is 1.81 bits per heavy atom. The maximum absolute atomic E-state index is 12.7. The van der Waals surface area contributed by atoms with Crippen LogP contribution in [0.5, 0.6) is 0 Å². The van der Waals surface area contributed by atoms with Gasteiger partial charge in [-0.05, 0) is 32.1 Å². The predicted molar refractivity (Wildman–Crippen MR) is 74.4 cm³/mol. The zero-order valence-electron chi connectivity index (χ0n) is 12.2. The van der Waals surface area contributed by atoms with Gasteiger partial charge in [0.2, 0.25) is 5.91 Å². The van der Waals surface area contributed by atoms with Gasteiger partial charge >= 0.3 is 11.9 Å². The largest absolute Gasteiger partial charge is 0.481 e. The predicted octanol–water partition coefficient (Wildman–Crippen LogP) is 1.21.